The van der Waals surface area contributed by atoms with Gasteiger partial charge in [-0.25, -0.2) is 17.7 Å². The maximum atomic E-state index is 12.8. The van der Waals surface area contributed by atoms with Crippen LogP contribution in [-0.2, 0) is 10.0 Å². The van der Waals surface area contributed by atoms with E-state index in [1.165, 1.54) is 50.1 Å². The molecule has 0 radical (unpaired) electrons. The van der Waals surface area contributed by atoms with Crippen LogP contribution in [0, 0.1) is 5.92 Å². The van der Waals surface area contributed by atoms with Gasteiger partial charge in [0.1, 0.15) is 5.03 Å². The summed E-state index contributed by atoms with van der Waals surface area (Å²) >= 11 is 1.46. The average Bonchev–Trinajstić information content (AvgIpc) is 2.82. The number of hydrogen-bond acceptors (Lipinski definition) is 6. The Kier molecular flexibility index (Phi) is 7.91. The summed E-state index contributed by atoms with van der Waals surface area (Å²) in [6.45, 7) is 1.79. The number of nitrogens with one attached hydrogen (secondary N) is 1. The van der Waals surface area contributed by atoms with E-state index in [0.29, 0.717) is 30.8 Å². The van der Waals surface area contributed by atoms with Crippen LogP contribution < -0.4 is 5.32 Å². The number of hydrogen-bond donors (Lipinski definition) is 1. The van der Waals surface area contributed by atoms with E-state index in [-0.39, 0.29) is 22.6 Å². The molecule has 1 aromatic heterocycles. The van der Waals surface area contributed by atoms with Gasteiger partial charge in [0.05, 0.1) is 10.5 Å². The highest BCUT2D eigenvalue weighted by molar-refractivity contribution is 7.98. The number of carbonyl (C=O) groups is 2. The van der Waals surface area contributed by atoms with E-state index < -0.39 is 10.0 Å². The van der Waals surface area contributed by atoms with Gasteiger partial charge in [0, 0.05) is 45.5 Å². The minimum absolute atomic E-state index is 0.00213. The van der Waals surface area contributed by atoms with E-state index in [0.717, 1.165) is 22.2 Å². The Labute approximate surface area is 193 Å². The Morgan fingerprint density at radius 2 is 1.81 bits per heavy atom. The lowest BCUT2D eigenvalue weighted by Crippen LogP contribution is -2.41. The second kappa shape index (κ2) is 10.5. The minimum atomic E-state index is -3.52. The number of benzene rings is 1. The molecule has 1 N–H and O–H groups in total. The van der Waals surface area contributed by atoms with Crippen molar-refractivity contribution in [3.63, 3.8) is 0 Å². The summed E-state index contributed by atoms with van der Waals surface area (Å²) < 4.78 is 25.4. The van der Waals surface area contributed by atoms with Crippen LogP contribution in [0.15, 0.2) is 52.5 Å². The summed E-state index contributed by atoms with van der Waals surface area (Å²) in [5.41, 5.74) is 1.04. The van der Waals surface area contributed by atoms with E-state index in [2.05, 4.69) is 10.3 Å². The number of pyridine rings is 1. The van der Waals surface area contributed by atoms with Gasteiger partial charge in [0.2, 0.25) is 10.0 Å². The third-order valence-electron chi connectivity index (χ3n) is 5.54. The number of piperidine rings is 1. The maximum Gasteiger partial charge on any atom is 0.256 e. The first-order chi connectivity index (χ1) is 15.2. The lowest BCUT2D eigenvalue weighted by atomic mass is 9.96. The molecule has 0 saturated carbocycles. The molecule has 1 aliphatic heterocycles. The Hall–Kier alpha value is -2.43. The van der Waals surface area contributed by atoms with Crippen LogP contribution in [0.2, 0.25) is 0 Å². The van der Waals surface area contributed by atoms with Crippen LogP contribution in [0.25, 0.3) is 0 Å². The maximum absolute atomic E-state index is 12.8. The largest absolute Gasteiger partial charge is 0.352 e. The molecule has 1 fully saturated rings. The second-order valence-electron chi connectivity index (χ2n) is 7.82. The summed E-state index contributed by atoms with van der Waals surface area (Å²) in [4.78, 5) is 31.6. The SMILES string of the molecule is CSc1ncccc1C(=O)N1CCC(CNC(=O)c2ccc(S(=O)(=O)N(C)C)cc2)CC1. The van der Waals surface area contributed by atoms with Crippen molar-refractivity contribution in [3.05, 3.63) is 53.7 Å². The number of amides is 2. The molecule has 0 atom stereocenters. The summed E-state index contributed by atoms with van der Waals surface area (Å²) in [7, 11) is -0.590. The molecule has 0 spiro atoms. The number of nitrogens with zero attached hydrogens (tertiary/aromatic N) is 3. The number of rotatable bonds is 7. The first kappa shape index (κ1) is 24.2. The van der Waals surface area contributed by atoms with Crippen LogP contribution in [0.1, 0.15) is 33.6 Å². The zero-order valence-electron chi connectivity index (χ0n) is 18.4. The number of likely N-dealkylation sites (tertiary alicyclic amines) is 1. The minimum Gasteiger partial charge on any atom is -0.352 e. The third-order valence-corrected chi connectivity index (χ3v) is 8.08. The van der Waals surface area contributed by atoms with E-state index in [1.807, 2.05) is 17.2 Å². The fourth-order valence-electron chi connectivity index (χ4n) is 3.55. The third kappa shape index (κ3) is 5.48. The summed E-state index contributed by atoms with van der Waals surface area (Å²) in [5, 5.41) is 3.66. The van der Waals surface area contributed by atoms with Crippen molar-refractivity contribution < 1.29 is 18.0 Å². The monoisotopic (exact) mass is 476 g/mol. The van der Waals surface area contributed by atoms with Gasteiger partial charge < -0.3 is 10.2 Å². The molecule has 1 aromatic carbocycles. The van der Waals surface area contributed by atoms with E-state index in [4.69, 9.17) is 0 Å². The van der Waals surface area contributed by atoms with Gasteiger partial charge in [0.25, 0.3) is 11.8 Å². The number of thioether (sulfide) groups is 1. The quantitative estimate of drug-likeness (QED) is 0.616. The highest BCUT2D eigenvalue weighted by Gasteiger charge is 2.25. The molecule has 1 aliphatic rings. The Morgan fingerprint density at radius 1 is 1.16 bits per heavy atom. The Morgan fingerprint density at radius 3 is 2.41 bits per heavy atom. The van der Waals surface area contributed by atoms with Crippen LogP contribution >= 0.6 is 11.8 Å². The molecular formula is C22H28N4O4S2. The van der Waals surface area contributed by atoms with Crippen LogP contribution in [0.4, 0.5) is 0 Å². The zero-order chi connectivity index (χ0) is 23.3. The standard InChI is InChI=1S/C22H28N4O4S2/c1-25(2)32(29,30)18-8-6-17(7-9-18)20(27)24-15-16-10-13-26(14-11-16)22(28)19-5-4-12-23-21(19)31-3/h4-9,12,16H,10-11,13-15H2,1-3H3,(H,24,27). The first-order valence-electron chi connectivity index (χ1n) is 10.3. The fourth-order valence-corrected chi connectivity index (χ4v) is 5.00. The molecule has 172 valence electrons. The molecule has 1 saturated heterocycles. The fraction of sp³-hybridized carbons (Fsp3) is 0.409. The lowest BCUT2D eigenvalue weighted by Gasteiger charge is -2.32. The van der Waals surface area contributed by atoms with Gasteiger partial charge in [0.15, 0.2) is 0 Å². The van der Waals surface area contributed by atoms with Gasteiger partial charge in [-0.1, -0.05) is 0 Å². The lowest BCUT2D eigenvalue weighted by molar-refractivity contribution is 0.0680. The highest BCUT2D eigenvalue weighted by atomic mass is 32.2. The van der Waals surface area contributed by atoms with Gasteiger partial charge in [-0.15, -0.1) is 11.8 Å². The average molecular weight is 477 g/mol. The van der Waals surface area contributed by atoms with Crippen molar-refractivity contribution in [3.8, 4) is 0 Å². The van der Waals surface area contributed by atoms with Crippen LogP contribution in [0.3, 0.4) is 0 Å². The molecule has 32 heavy (non-hydrogen) atoms. The van der Waals surface area contributed by atoms with Gasteiger partial charge in [-0.05, 0) is 61.4 Å². The number of sulfonamides is 1. The molecule has 3 rings (SSSR count). The topological polar surface area (TPSA) is 99.7 Å². The molecule has 8 nitrogen and oxygen atoms in total. The van der Waals surface area contributed by atoms with Crippen molar-refractivity contribution in [1.29, 1.82) is 0 Å². The normalized spacial score (nSPS) is 15.1. The number of aromatic nitrogens is 1. The molecule has 10 heteroatoms. The van der Waals surface area contributed by atoms with Crippen molar-refractivity contribution in [2.45, 2.75) is 22.8 Å². The Balaban J connectivity index is 1.51. The number of carbonyl (C=O) groups excluding carboxylic acids is 2. The summed E-state index contributed by atoms with van der Waals surface area (Å²) in [5.74, 6) is 0.0419. The first-order valence-corrected chi connectivity index (χ1v) is 13.0. The van der Waals surface area contributed by atoms with Gasteiger partial charge >= 0.3 is 0 Å². The molecule has 0 aliphatic carbocycles. The molecule has 0 unspecified atom stereocenters. The van der Waals surface area contributed by atoms with Gasteiger partial charge in [-0.2, -0.15) is 0 Å². The summed E-state index contributed by atoms with van der Waals surface area (Å²) in [6.07, 6.45) is 5.21. The van der Waals surface area contributed by atoms with Crippen molar-refractivity contribution in [2.24, 2.45) is 5.92 Å². The molecule has 2 heterocycles. The van der Waals surface area contributed by atoms with E-state index >= 15 is 0 Å². The molecule has 2 aromatic rings. The van der Waals surface area contributed by atoms with Crippen LogP contribution in [-0.4, -0.2) is 74.4 Å². The molecule has 2 amide bonds. The summed E-state index contributed by atoms with van der Waals surface area (Å²) in [6, 6.07) is 9.50. The van der Waals surface area contributed by atoms with Crippen LogP contribution in [0.5, 0.6) is 0 Å². The van der Waals surface area contributed by atoms with E-state index in [1.54, 1.807) is 12.3 Å². The highest BCUT2D eigenvalue weighted by Crippen LogP contribution is 2.23. The zero-order valence-corrected chi connectivity index (χ0v) is 20.1. The van der Waals surface area contributed by atoms with Crippen molar-refractivity contribution >= 4 is 33.6 Å². The predicted molar refractivity (Wildman–Crippen MR) is 124 cm³/mol. The molecule has 0 bridgehead atoms. The second-order valence-corrected chi connectivity index (χ2v) is 10.8. The molecular weight excluding hydrogens is 448 g/mol. The predicted octanol–water partition coefficient (Wildman–Crippen LogP) is 2.34. The van der Waals surface area contributed by atoms with Crippen molar-refractivity contribution in [2.75, 3.05) is 40.0 Å². The van der Waals surface area contributed by atoms with Gasteiger partial charge in [-0.3, -0.25) is 9.59 Å². The van der Waals surface area contributed by atoms with Crippen molar-refractivity contribution in [1.82, 2.24) is 19.5 Å². The van der Waals surface area contributed by atoms with E-state index in [9.17, 15) is 18.0 Å². The Bertz CT molecular complexity index is 1060. The smallest absolute Gasteiger partial charge is 0.256 e.